The van der Waals surface area contributed by atoms with Crippen LogP contribution in [-0.4, -0.2) is 30.2 Å². The molecule has 58 valence electrons. The molecule has 1 unspecified atom stereocenters. The van der Waals surface area contributed by atoms with E-state index < -0.39 is 12.1 Å². The summed E-state index contributed by atoms with van der Waals surface area (Å²) < 4.78 is 0. The molecule has 0 heterocycles. The summed E-state index contributed by atoms with van der Waals surface area (Å²) in [5, 5.41) is 12.9. The first kappa shape index (κ1) is 8.90. The van der Waals surface area contributed by atoms with Crippen LogP contribution in [-0.2, 0) is 9.59 Å². The maximum atomic E-state index is 10.3. The van der Waals surface area contributed by atoms with Gasteiger partial charge in [0.25, 0.3) is 0 Å². The molecule has 0 bridgehead atoms. The Balaban J connectivity index is 3.83. The molecule has 0 saturated heterocycles. The van der Waals surface area contributed by atoms with Crippen molar-refractivity contribution in [1.82, 2.24) is 10.6 Å². The standard InChI is InChI=1S/C5H10N2O3/c1-3(8)7-4(6-2)5(9)10/h4,6H,1-2H3,(H,7,8)(H,9,10). The van der Waals surface area contributed by atoms with Gasteiger partial charge in [-0.1, -0.05) is 0 Å². The van der Waals surface area contributed by atoms with E-state index in [0.29, 0.717) is 0 Å². The molecule has 0 aromatic heterocycles. The van der Waals surface area contributed by atoms with Crippen LogP contribution >= 0.6 is 0 Å². The summed E-state index contributed by atoms with van der Waals surface area (Å²) in [6.07, 6.45) is -0.988. The highest BCUT2D eigenvalue weighted by Crippen LogP contribution is 1.75. The molecule has 5 heteroatoms. The zero-order chi connectivity index (χ0) is 8.15. The van der Waals surface area contributed by atoms with Gasteiger partial charge in [-0.15, -0.1) is 0 Å². The Morgan fingerprint density at radius 3 is 2.10 bits per heavy atom. The SMILES string of the molecule is CNC(NC(C)=O)C(=O)O. The number of carboxylic acid groups (broad SMARTS) is 1. The maximum absolute atomic E-state index is 10.3. The normalized spacial score (nSPS) is 12.2. The molecule has 1 amide bonds. The van der Waals surface area contributed by atoms with Gasteiger partial charge >= 0.3 is 5.97 Å². The third-order valence-electron chi connectivity index (χ3n) is 0.883. The first-order valence-electron chi connectivity index (χ1n) is 2.75. The lowest BCUT2D eigenvalue weighted by Gasteiger charge is -2.10. The number of aliphatic carboxylic acids is 1. The molecule has 10 heavy (non-hydrogen) atoms. The number of carbonyl (C=O) groups excluding carboxylic acids is 1. The Kier molecular flexibility index (Phi) is 3.42. The molecule has 0 aromatic carbocycles. The molecule has 0 aromatic rings. The summed E-state index contributed by atoms with van der Waals surface area (Å²) >= 11 is 0. The molecule has 0 aliphatic heterocycles. The zero-order valence-corrected chi connectivity index (χ0v) is 5.84. The summed E-state index contributed by atoms with van der Waals surface area (Å²) in [5.41, 5.74) is 0. The third-order valence-corrected chi connectivity index (χ3v) is 0.883. The van der Waals surface area contributed by atoms with E-state index in [1.54, 1.807) is 0 Å². The van der Waals surface area contributed by atoms with Gasteiger partial charge in [-0.3, -0.25) is 10.1 Å². The lowest BCUT2D eigenvalue weighted by Crippen LogP contribution is -2.48. The summed E-state index contributed by atoms with van der Waals surface area (Å²) in [5.74, 6) is -1.47. The second-order valence-corrected chi connectivity index (χ2v) is 1.76. The van der Waals surface area contributed by atoms with Crippen molar-refractivity contribution in [3.8, 4) is 0 Å². The Morgan fingerprint density at radius 2 is 2.00 bits per heavy atom. The van der Waals surface area contributed by atoms with Gasteiger partial charge in [0.15, 0.2) is 6.17 Å². The molecule has 0 aliphatic rings. The maximum Gasteiger partial charge on any atom is 0.341 e. The monoisotopic (exact) mass is 146 g/mol. The van der Waals surface area contributed by atoms with Crippen LogP contribution < -0.4 is 10.6 Å². The van der Waals surface area contributed by atoms with Crippen molar-refractivity contribution < 1.29 is 14.7 Å². The minimum Gasteiger partial charge on any atom is -0.479 e. The predicted octanol–water partition coefficient (Wildman–Crippen LogP) is -1.25. The predicted molar refractivity (Wildman–Crippen MR) is 34.3 cm³/mol. The van der Waals surface area contributed by atoms with Crippen LogP contribution in [0.2, 0.25) is 0 Å². The van der Waals surface area contributed by atoms with Crippen LogP contribution in [0.15, 0.2) is 0 Å². The van der Waals surface area contributed by atoms with Crippen molar-refractivity contribution in [2.24, 2.45) is 0 Å². The lowest BCUT2D eigenvalue weighted by atomic mass is 10.5. The number of likely N-dealkylation sites (N-methyl/N-ethyl adjacent to an activating group) is 1. The second-order valence-electron chi connectivity index (χ2n) is 1.76. The van der Waals surface area contributed by atoms with Crippen molar-refractivity contribution in [2.75, 3.05) is 7.05 Å². The Hall–Kier alpha value is -1.10. The van der Waals surface area contributed by atoms with Crippen molar-refractivity contribution in [3.05, 3.63) is 0 Å². The molecular weight excluding hydrogens is 136 g/mol. The highest BCUT2D eigenvalue weighted by Gasteiger charge is 2.14. The highest BCUT2D eigenvalue weighted by molar-refractivity contribution is 5.81. The third kappa shape index (κ3) is 3.03. The Labute approximate surface area is 58.4 Å². The topological polar surface area (TPSA) is 78.4 Å². The number of carbonyl (C=O) groups is 2. The van der Waals surface area contributed by atoms with Crippen LogP contribution in [0.1, 0.15) is 6.92 Å². The van der Waals surface area contributed by atoms with Crippen molar-refractivity contribution in [2.45, 2.75) is 13.1 Å². The minimum atomic E-state index is -1.10. The number of hydrogen-bond donors (Lipinski definition) is 3. The highest BCUT2D eigenvalue weighted by atomic mass is 16.4. The van der Waals surface area contributed by atoms with E-state index in [2.05, 4.69) is 10.6 Å². The number of amides is 1. The van der Waals surface area contributed by atoms with Crippen LogP contribution in [0.4, 0.5) is 0 Å². The molecule has 5 nitrogen and oxygen atoms in total. The van der Waals surface area contributed by atoms with Gasteiger partial charge in [-0.05, 0) is 7.05 Å². The van der Waals surface area contributed by atoms with Crippen molar-refractivity contribution in [3.63, 3.8) is 0 Å². The Bertz CT molecular complexity index is 146. The van der Waals surface area contributed by atoms with Crippen LogP contribution in [0.3, 0.4) is 0 Å². The van der Waals surface area contributed by atoms with E-state index in [1.165, 1.54) is 14.0 Å². The summed E-state index contributed by atoms with van der Waals surface area (Å²) in [7, 11) is 1.45. The van der Waals surface area contributed by atoms with E-state index >= 15 is 0 Å². The Morgan fingerprint density at radius 1 is 1.50 bits per heavy atom. The van der Waals surface area contributed by atoms with Crippen LogP contribution in [0.5, 0.6) is 0 Å². The fourth-order valence-electron chi connectivity index (χ4n) is 0.461. The van der Waals surface area contributed by atoms with E-state index in [4.69, 9.17) is 5.11 Å². The lowest BCUT2D eigenvalue weighted by molar-refractivity contribution is -0.142. The van der Waals surface area contributed by atoms with E-state index in [-0.39, 0.29) is 5.91 Å². The fourth-order valence-corrected chi connectivity index (χ4v) is 0.461. The number of nitrogens with one attached hydrogen (secondary N) is 2. The van der Waals surface area contributed by atoms with Crippen molar-refractivity contribution in [1.29, 1.82) is 0 Å². The van der Waals surface area contributed by atoms with Crippen LogP contribution in [0.25, 0.3) is 0 Å². The molecule has 0 spiro atoms. The van der Waals surface area contributed by atoms with Gasteiger partial charge < -0.3 is 10.4 Å². The minimum absolute atomic E-state index is 0.373. The average Bonchev–Trinajstić information content (AvgIpc) is 1.81. The van der Waals surface area contributed by atoms with Gasteiger partial charge in [0, 0.05) is 6.92 Å². The molecule has 0 saturated carbocycles. The molecule has 1 atom stereocenters. The smallest absolute Gasteiger partial charge is 0.341 e. The van der Waals surface area contributed by atoms with E-state index in [1.807, 2.05) is 0 Å². The fraction of sp³-hybridized carbons (Fsp3) is 0.600. The number of carboxylic acids is 1. The first-order valence-corrected chi connectivity index (χ1v) is 2.75. The van der Waals surface area contributed by atoms with E-state index in [0.717, 1.165) is 0 Å². The molecular formula is C5H10N2O3. The average molecular weight is 146 g/mol. The summed E-state index contributed by atoms with van der Waals surface area (Å²) in [4.78, 5) is 20.5. The molecule has 0 fully saturated rings. The quantitative estimate of drug-likeness (QED) is 0.435. The molecule has 0 radical (unpaired) electrons. The largest absolute Gasteiger partial charge is 0.479 e. The van der Waals surface area contributed by atoms with Gasteiger partial charge in [0.2, 0.25) is 5.91 Å². The van der Waals surface area contributed by atoms with Crippen molar-refractivity contribution >= 4 is 11.9 Å². The van der Waals surface area contributed by atoms with E-state index in [9.17, 15) is 9.59 Å². The van der Waals surface area contributed by atoms with Gasteiger partial charge in [0.1, 0.15) is 0 Å². The number of hydrogen-bond acceptors (Lipinski definition) is 3. The number of rotatable bonds is 3. The summed E-state index contributed by atoms with van der Waals surface area (Å²) in [6, 6.07) is 0. The zero-order valence-electron chi connectivity index (χ0n) is 5.84. The molecule has 3 N–H and O–H groups in total. The second kappa shape index (κ2) is 3.84. The molecule has 0 aliphatic carbocycles. The van der Waals surface area contributed by atoms with Gasteiger partial charge in [0.05, 0.1) is 0 Å². The molecule has 0 rings (SSSR count). The summed E-state index contributed by atoms with van der Waals surface area (Å²) in [6.45, 7) is 1.26. The first-order chi connectivity index (χ1) is 4.57. The van der Waals surface area contributed by atoms with Gasteiger partial charge in [-0.25, -0.2) is 4.79 Å². The van der Waals surface area contributed by atoms with Crippen LogP contribution in [0, 0.1) is 0 Å². The van der Waals surface area contributed by atoms with Gasteiger partial charge in [-0.2, -0.15) is 0 Å².